The minimum absolute atomic E-state index is 0.0250. The molecule has 0 saturated carbocycles. The predicted octanol–water partition coefficient (Wildman–Crippen LogP) is 2.12. The van der Waals surface area contributed by atoms with E-state index in [1.807, 2.05) is 19.9 Å². The van der Waals surface area contributed by atoms with Crippen molar-refractivity contribution >= 4 is 11.0 Å². The Morgan fingerprint density at radius 1 is 1.21 bits per heavy atom. The van der Waals surface area contributed by atoms with Gasteiger partial charge in [0.05, 0.1) is 11.5 Å². The Kier molecular flexibility index (Phi) is 1.81. The van der Waals surface area contributed by atoms with E-state index >= 15 is 0 Å². The van der Waals surface area contributed by atoms with Gasteiger partial charge in [-0.3, -0.25) is 0 Å². The minimum Gasteiger partial charge on any atom is -0.507 e. The van der Waals surface area contributed by atoms with E-state index in [0.717, 1.165) is 17.2 Å². The zero-order valence-electron chi connectivity index (χ0n) is 8.00. The van der Waals surface area contributed by atoms with Crippen molar-refractivity contribution in [3.63, 3.8) is 0 Å². The van der Waals surface area contributed by atoms with Crippen molar-refractivity contribution in [1.82, 2.24) is 0 Å². The van der Waals surface area contributed by atoms with E-state index in [9.17, 15) is 9.90 Å². The number of hydrogen-bond acceptors (Lipinski definition) is 3. The van der Waals surface area contributed by atoms with Crippen LogP contribution in [0.15, 0.2) is 27.4 Å². The molecule has 0 radical (unpaired) electrons. The zero-order valence-corrected chi connectivity index (χ0v) is 8.00. The van der Waals surface area contributed by atoms with E-state index in [-0.39, 0.29) is 5.75 Å². The summed E-state index contributed by atoms with van der Waals surface area (Å²) in [5.41, 5.74) is 1.81. The molecular weight excluding hydrogens is 180 g/mol. The van der Waals surface area contributed by atoms with Gasteiger partial charge in [0.1, 0.15) is 11.3 Å². The van der Waals surface area contributed by atoms with Gasteiger partial charge in [-0.15, -0.1) is 0 Å². The van der Waals surface area contributed by atoms with Crippen LogP contribution >= 0.6 is 0 Å². The molecule has 72 valence electrons. The van der Waals surface area contributed by atoms with Crippen molar-refractivity contribution in [2.24, 2.45) is 0 Å². The van der Waals surface area contributed by atoms with Crippen molar-refractivity contribution in [3.8, 4) is 5.75 Å². The van der Waals surface area contributed by atoms with Crippen LogP contribution in [-0.2, 0) is 0 Å². The van der Waals surface area contributed by atoms with Crippen molar-refractivity contribution < 1.29 is 9.52 Å². The molecule has 0 fully saturated rings. The van der Waals surface area contributed by atoms with Gasteiger partial charge in [-0.2, -0.15) is 0 Å². The molecule has 0 aliphatic heterocycles. The van der Waals surface area contributed by atoms with Crippen molar-refractivity contribution in [2.75, 3.05) is 0 Å². The average molecular weight is 190 g/mol. The van der Waals surface area contributed by atoms with Crippen LogP contribution < -0.4 is 5.63 Å². The second-order valence-electron chi connectivity index (χ2n) is 3.41. The first-order valence-corrected chi connectivity index (χ1v) is 4.32. The molecule has 3 heteroatoms. The first-order valence-electron chi connectivity index (χ1n) is 4.32. The molecule has 1 aromatic heterocycles. The fourth-order valence-electron chi connectivity index (χ4n) is 1.60. The number of hydrogen-bond donors (Lipinski definition) is 1. The van der Waals surface area contributed by atoms with E-state index in [0.29, 0.717) is 11.0 Å². The topological polar surface area (TPSA) is 50.4 Å². The minimum atomic E-state index is -0.526. The molecular formula is C11H10O3. The third kappa shape index (κ3) is 1.27. The lowest BCUT2D eigenvalue weighted by Gasteiger charge is -2.03. The van der Waals surface area contributed by atoms with Crippen LogP contribution in [0.3, 0.4) is 0 Å². The molecule has 2 rings (SSSR count). The van der Waals surface area contributed by atoms with Crippen molar-refractivity contribution in [2.45, 2.75) is 13.8 Å². The second kappa shape index (κ2) is 2.87. The summed E-state index contributed by atoms with van der Waals surface area (Å²) in [6.45, 7) is 3.77. The van der Waals surface area contributed by atoms with Gasteiger partial charge < -0.3 is 9.52 Å². The lowest BCUT2D eigenvalue weighted by Crippen LogP contribution is -1.96. The summed E-state index contributed by atoms with van der Waals surface area (Å²) in [6.07, 6.45) is 0. The van der Waals surface area contributed by atoms with Gasteiger partial charge >= 0.3 is 5.63 Å². The van der Waals surface area contributed by atoms with Crippen LogP contribution in [0.2, 0.25) is 0 Å². The lowest BCUT2D eigenvalue weighted by atomic mass is 10.1. The van der Waals surface area contributed by atoms with Crippen LogP contribution in [0, 0.1) is 13.8 Å². The van der Waals surface area contributed by atoms with Gasteiger partial charge in [-0.1, -0.05) is 6.07 Å². The fraction of sp³-hybridized carbons (Fsp3) is 0.182. The molecule has 0 saturated heterocycles. The van der Waals surface area contributed by atoms with Crippen molar-refractivity contribution in [3.05, 3.63) is 39.7 Å². The number of rotatable bonds is 0. The van der Waals surface area contributed by atoms with Gasteiger partial charge in [0.15, 0.2) is 0 Å². The highest BCUT2D eigenvalue weighted by molar-refractivity contribution is 5.85. The molecule has 3 nitrogen and oxygen atoms in total. The highest BCUT2D eigenvalue weighted by Gasteiger charge is 2.06. The van der Waals surface area contributed by atoms with Gasteiger partial charge in [0, 0.05) is 0 Å². The molecule has 14 heavy (non-hydrogen) atoms. The summed E-state index contributed by atoms with van der Waals surface area (Å²) in [4.78, 5) is 11.0. The van der Waals surface area contributed by atoms with E-state index in [1.54, 1.807) is 6.07 Å². The maximum absolute atomic E-state index is 11.0. The molecule has 1 N–H and O–H groups in total. The van der Waals surface area contributed by atoms with Gasteiger partial charge in [-0.25, -0.2) is 4.79 Å². The Balaban J connectivity index is 3.01. The Labute approximate surface area is 80.6 Å². The highest BCUT2D eigenvalue weighted by Crippen LogP contribution is 2.26. The van der Waals surface area contributed by atoms with E-state index < -0.39 is 5.63 Å². The molecule has 0 amide bonds. The summed E-state index contributed by atoms with van der Waals surface area (Å²) < 4.78 is 5.01. The largest absolute Gasteiger partial charge is 0.507 e. The Morgan fingerprint density at radius 2 is 1.93 bits per heavy atom. The maximum atomic E-state index is 11.0. The molecule has 0 bridgehead atoms. The lowest BCUT2D eigenvalue weighted by molar-refractivity contribution is 0.467. The predicted molar refractivity (Wildman–Crippen MR) is 53.6 cm³/mol. The van der Waals surface area contributed by atoms with Crippen LogP contribution in [0.1, 0.15) is 11.1 Å². The average Bonchev–Trinajstić information content (AvgIpc) is 2.07. The first kappa shape index (κ1) is 8.81. The smallest absolute Gasteiger partial charge is 0.339 e. The maximum Gasteiger partial charge on any atom is 0.339 e. The Hall–Kier alpha value is -1.77. The Bertz CT molecular complexity index is 552. The summed E-state index contributed by atoms with van der Waals surface area (Å²) in [7, 11) is 0. The van der Waals surface area contributed by atoms with Crippen LogP contribution in [0.4, 0.5) is 0 Å². The second-order valence-corrected chi connectivity index (χ2v) is 3.41. The number of benzene rings is 1. The molecule has 0 aliphatic carbocycles. The standard InChI is InChI=1S/C11H10O3/c1-6-3-7(2)11-8(4-6)9(12)5-10(13)14-11/h3-5,12H,1-2H3. The Morgan fingerprint density at radius 3 is 2.64 bits per heavy atom. The van der Waals surface area contributed by atoms with Gasteiger partial charge in [-0.05, 0) is 31.0 Å². The molecule has 2 aromatic rings. The summed E-state index contributed by atoms with van der Waals surface area (Å²) >= 11 is 0. The summed E-state index contributed by atoms with van der Waals surface area (Å²) in [5, 5.41) is 10.1. The van der Waals surface area contributed by atoms with Gasteiger partial charge in [0.25, 0.3) is 0 Å². The van der Waals surface area contributed by atoms with E-state index in [2.05, 4.69) is 0 Å². The SMILES string of the molecule is Cc1cc(C)c2oc(=O)cc(O)c2c1. The quantitative estimate of drug-likeness (QED) is 0.647. The molecule has 1 aromatic carbocycles. The zero-order chi connectivity index (χ0) is 10.3. The normalized spacial score (nSPS) is 10.7. The van der Waals surface area contributed by atoms with E-state index in [4.69, 9.17) is 4.42 Å². The van der Waals surface area contributed by atoms with Crippen LogP contribution in [0.5, 0.6) is 5.75 Å². The highest BCUT2D eigenvalue weighted by atomic mass is 16.4. The molecule has 0 spiro atoms. The molecule has 0 unspecified atom stereocenters. The summed E-state index contributed by atoms with van der Waals surface area (Å²) in [5.74, 6) is -0.0250. The van der Waals surface area contributed by atoms with Crippen LogP contribution in [-0.4, -0.2) is 5.11 Å². The number of fused-ring (bicyclic) bond motifs is 1. The number of aromatic hydroxyl groups is 1. The molecule has 0 aliphatic rings. The van der Waals surface area contributed by atoms with Crippen molar-refractivity contribution in [1.29, 1.82) is 0 Å². The van der Waals surface area contributed by atoms with E-state index in [1.165, 1.54) is 0 Å². The summed E-state index contributed by atoms with van der Waals surface area (Å²) in [6, 6.07) is 4.78. The molecule has 1 heterocycles. The number of aryl methyl sites for hydroxylation is 2. The monoisotopic (exact) mass is 190 g/mol. The molecule has 0 atom stereocenters. The van der Waals surface area contributed by atoms with Gasteiger partial charge in [0.2, 0.25) is 0 Å². The first-order chi connectivity index (χ1) is 6.58. The third-order valence-corrected chi connectivity index (χ3v) is 2.15. The van der Waals surface area contributed by atoms with Crippen LogP contribution in [0.25, 0.3) is 11.0 Å². The third-order valence-electron chi connectivity index (χ3n) is 2.15. The fourth-order valence-corrected chi connectivity index (χ4v) is 1.60.